The summed E-state index contributed by atoms with van der Waals surface area (Å²) in [6, 6.07) is 10.6. The van der Waals surface area contributed by atoms with E-state index >= 15 is 0 Å². The van der Waals surface area contributed by atoms with Gasteiger partial charge in [0.1, 0.15) is 11.5 Å². The Labute approximate surface area is 142 Å². The lowest BCUT2D eigenvalue weighted by Crippen LogP contribution is -2.38. The summed E-state index contributed by atoms with van der Waals surface area (Å²) in [6.45, 7) is 6.87. The van der Waals surface area contributed by atoms with Crippen LogP contribution in [0.3, 0.4) is 0 Å². The molecule has 0 bridgehead atoms. The predicted molar refractivity (Wildman–Crippen MR) is 93.3 cm³/mol. The van der Waals surface area contributed by atoms with Gasteiger partial charge in [-0.1, -0.05) is 17.7 Å². The maximum Gasteiger partial charge on any atom is 0.270 e. The molecule has 2 aromatic rings. The summed E-state index contributed by atoms with van der Waals surface area (Å²) in [5, 5.41) is 2.71. The first kappa shape index (κ1) is 17.5. The van der Waals surface area contributed by atoms with Crippen molar-refractivity contribution in [3.63, 3.8) is 0 Å². The van der Waals surface area contributed by atoms with Gasteiger partial charge in [-0.15, -0.1) is 0 Å². The highest BCUT2D eigenvalue weighted by atomic mass is 16.3. The summed E-state index contributed by atoms with van der Waals surface area (Å²) in [5.74, 6) is -0.0557. The maximum absolute atomic E-state index is 12.7. The van der Waals surface area contributed by atoms with Crippen molar-refractivity contribution in [2.24, 2.45) is 0 Å². The number of hydrogen-bond donors (Lipinski definition) is 1. The minimum Gasteiger partial charge on any atom is -0.465 e. The van der Waals surface area contributed by atoms with Crippen molar-refractivity contribution in [3.05, 3.63) is 65.2 Å². The fourth-order valence-electron chi connectivity index (χ4n) is 2.25. The molecule has 2 rings (SSSR count). The lowest BCUT2D eigenvalue weighted by molar-refractivity contribution is -0.127. The third kappa shape index (κ3) is 4.35. The zero-order valence-electron chi connectivity index (χ0n) is 14.2. The van der Waals surface area contributed by atoms with Gasteiger partial charge in [-0.05, 0) is 45.0 Å². The summed E-state index contributed by atoms with van der Waals surface area (Å²) < 4.78 is 5.27. The molecule has 0 aliphatic carbocycles. The van der Waals surface area contributed by atoms with E-state index in [4.69, 9.17) is 4.42 Å². The van der Waals surface area contributed by atoms with Crippen LogP contribution in [0.1, 0.15) is 35.5 Å². The lowest BCUT2D eigenvalue weighted by Gasteiger charge is -2.20. The molecule has 0 saturated heterocycles. The molecular formula is C19H22N2O3. The lowest BCUT2D eigenvalue weighted by atomic mass is 10.1. The molecule has 24 heavy (non-hydrogen) atoms. The van der Waals surface area contributed by atoms with Gasteiger partial charge in [0.15, 0.2) is 0 Å². The molecule has 1 aromatic carbocycles. The van der Waals surface area contributed by atoms with Crippen molar-refractivity contribution >= 4 is 17.9 Å². The maximum atomic E-state index is 12.7. The summed E-state index contributed by atoms with van der Waals surface area (Å²) in [4.78, 5) is 26.7. The SMILES string of the molecule is CCN(CC)C(=O)/C(=C\c1ccco1)NC(=O)c1ccc(C)cc1. The quantitative estimate of drug-likeness (QED) is 0.829. The van der Waals surface area contributed by atoms with Gasteiger partial charge in [0.05, 0.1) is 6.26 Å². The fraction of sp³-hybridized carbons (Fsp3) is 0.263. The Morgan fingerprint density at radius 3 is 2.33 bits per heavy atom. The van der Waals surface area contributed by atoms with E-state index in [9.17, 15) is 9.59 Å². The van der Waals surface area contributed by atoms with Crippen LogP contribution in [0.25, 0.3) is 6.08 Å². The number of nitrogens with one attached hydrogen (secondary N) is 1. The van der Waals surface area contributed by atoms with Gasteiger partial charge in [0.25, 0.3) is 11.8 Å². The number of benzene rings is 1. The van der Waals surface area contributed by atoms with Crippen LogP contribution in [0, 0.1) is 6.92 Å². The highest BCUT2D eigenvalue weighted by molar-refractivity contribution is 6.05. The molecule has 1 N–H and O–H groups in total. The summed E-state index contributed by atoms with van der Waals surface area (Å²) in [5.41, 5.74) is 1.76. The number of aryl methyl sites for hydroxylation is 1. The minimum atomic E-state index is -0.326. The normalized spacial score (nSPS) is 11.2. The van der Waals surface area contributed by atoms with Gasteiger partial charge in [0.2, 0.25) is 0 Å². The van der Waals surface area contributed by atoms with Crippen LogP contribution in [-0.2, 0) is 4.79 Å². The molecule has 0 unspecified atom stereocenters. The average Bonchev–Trinajstić information content (AvgIpc) is 3.09. The van der Waals surface area contributed by atoms with Crippen LogP contribution in [0.2, 0.25) is 0 Å². The molecule has 0 fully saturated rings. The molecule has 0 aliphatic heterocycles. The van der Waals surface area contributed by atoms with Crippen LogP contribution < -0.4 is 5.32 Å². The summed E-state index contributed by atoms with van der Waals surface area (Å²) in [6.07, 6.45) is 3.07. The highest BCUT2D eigenvalue weighted by Gasteiger charge is 2.19. The largest absolute Gasteiger partial charge is 0.465 e. The Morgan fingerprint density at radius 2 is 1.79 bits per heavy atom. The summed E-state index contributed by atoms with van der Waals surface area (Å²) >= 11 is 0. The first-order chi connectivity index (χ1) is 11.5. The van der Waals surface area contributed by atoms with Crippen molar-refractivity contribution in [2.75, 3.05) is 13.1 Å². The molecular weight excluding hydrogens is 304 g/mol. The molecule has 2 amide bonds. The number of likely N-dealkylation sites (N-methyl/N-ethyl adjacent to an activating group) is 1. The molecule has 1 heterocycles. The molecule has 5 nitrogen and oxygen atoms in total. The summed E-state index contributed by atoms with van der Waals surface area (Å²) in [7, 11) is 0. The second kappa shape index (κ2) is 8.15. The van der Waals surface area contributed by atoms with E-state index in [1.807, 2.05) is 32.9 Å². The molecule has 126 valence electrons. The smallest absolute Gasteiger partial charge is 0.270 e. The van der Waals surface area contributed by atoms with Crippen LogP contribution in [-0.4, -0.2) is 29.8 Å². The molecule has 0 aliphatic rings. The van der Waals surface area contributed by atoms with E-state index in [2.05, 4.69) is 5.32 Å². The Balaban J connectivity index is 2.27. The number of carbonyl (C=O) groups is 2. The predicted octanol–water partition coefficient (Wildman–Crippen LogP) is 3.23. The van der Waals surface area contributed by atoms with Crippen LogP contribution >= 0.6 is 0 Å². The number of furan rings is 1. The molecule has 0 atom stereocenters. The number of carbonyl (C=O) groups excluding carboxylic acids is 2. The fourth-order valence-corrected chi connectivity index (χ4v) is 2.25. The molecule has 0 radical (unpaired) electrons. The van der Waals surface area contributed by atoms with E-state index in [0.717, 1.165) is 5.56 Å². The van der Waals surface area contributed by atoms with Crippen LogP contribution in [0.4, 0.5) is 0 Å². The van der Waals surface area contributed by atoms with Gasteiger partial charge in [-0.2, -0.15) is 0 Å². The van der Waals surface area contributed by atoms with Gasteiger partial charge in [0, 0.05) is 24.7 Å². The number of nitrogens with zero attached hydrogens (tertiary/aromatic N) is 1. The van der Waals surface area contributed by atoms with Crippen molar-refractivity contribution in [3.8, 4) is 0 Å². The molecule has 0 spiro atoms. The van der Waals surface area contributed by atoms with E-state index in [-0.39, 0.29) is 17.5 Å². The van der Waals surface area contributed by atoms with Crippen molar-refractivity contribution < 1.29 is 14.0 Å². The van der Waals surface area contributed by atoms with Gasteiger partial charge >= 0.3 is 0 Å². The monoisotopic (exact) mass is 326 g/mol. The second-order valence-electron chi connectivity index (χ2n) is 5.37. The van der Waals surface area contributed by atoms with Crippen LogP contribution in [0.5, 0.6) is 0 Å². The average molecular weight is 326 g/mol. The van der Waals surface area contributed by atoms with Gasteiger partial charge in [-0.25, -0.2) is 0 Å². The standard InChI is InChI=1S/C19H22N2O3/c1-4-21(5-2)19(23)17(13-16-7-6-12-24-16)20-18(22)15-10-8-14(3)9-11-15/h6-13H,4-5H2,1-3H3,(H,20,22)/b17-13+. The number of hydrogen-bond acceptors (Lipinski definition) is 3. The first-order valence-corrected chi connectivity index (χ1v) is 7.97. The zero-order valence-corrected chi connectivity index (χ0v) is 14.2. The Bertz CT molecular complexity index is 712. The molecule has 0 saturated carbocycles. The third-order valence-electron chi connectivity index (χ3n) is 3.67. The molecule has 5 heteroatoms. The topological polar surface area (TPSA) is 62.6 Å². The van der Waals surface area contributed by atoms with E-state index in [1.54, 1.807) is 35.2 Å². The Hall–Kier alpha value is -2.82. The number of amides is 2. The Kier molecular flexibility index (Phi) is 5.95. The second-order valence-corrected chi connectivity index (χ2v) is 5.37. The Morgan fingerprint density at radius 1 is 1.12 bits per heavy atom. The zero-order chi connectivity index (χ0) is 17.5. The van der Waals surface area contributed by atoms with Crippen molar-refractivity contribution in [1.82, 2.24) is 10.2 Å². The van der Waals surface area contributed by atoms with E-state index in [0.29, 0.717) is 24.4 Å². The van der Waals surface area contributed by atoms with Crippen molar-refractivity contribution in [2.45, 2.75) is 20.8 Å². The van der Waals surface area contributed by atoms with E-state index < -0.39 is 0 Å². The first-order valence-electron chi connectivity index (χ1n) is 7.97. The molecule has 1 aromatic heterocycles. The van der Waals surface area contributed by atoms with Crippen LogP contribution in [0.15, 0.2) is 52.8 Å². The van der Waals surface area contributed by atoms with Crippen molar-refractivity contribution in [1.29, 1.82) is 0 Å². The van der Waals surface area contributed by atoms with Gasteiger partial charge in [-0.3, -0.25) is 9.59 Å². The van der Waals surface area contributed by atoms with Gasteiger partial charge < -0.3 is 14.6 Å². The number of rotatable bonds is 6. The highest BCUT2D eigenvalue weighted by Crippen LogP contribution is 2.10. The minimum absolute atomic E-state index is 0.194. The van der Waals surface area contributed by atoms with E-state index in [1.165, 1.54) is 6.26 Å². The third-order valence-corrected chi connectivity index (χ3v) is 3.67.